The molecular formula is C12H12ClN3O. The van der Waals surface area contributed by atoms with Crippen LogP contribution in [0.15, 0.2) is 42.7 Å². The molecule has 0 aliphatic carbocycles. The van der Waals surface area contributed by atoms with Crippen molar-refractivity contribution in [3.05, 3.63) is 47.9 Å². The van der Waals surface area contributed by atoms with Gasteiger partial charge in [0.25, 0.3) is 0 Å². The van der Waals surface area contributed by atoms with Gasteiger partial charge < -0.3 is 10.1 Å². The number of para-hydroxylation sites is 1. The summed E-state index contributed by atoms with van der Waals surface area (Å²) in [6.45, 7) is 1.20. The predicted octanol–water partition coefficient (Wildman–Crippen LogP) is 2.62. The number of benzene rings is 1. The second kappa shape index (κ2) is 6.06. The largest absolute Gasteiger partial charge is 0.492 e. The zero-order chi connectivity index (χ0) is 11.9. The van der Waals surface area contributed by atoms with Crippen molar-refractivity contribution in [2.24, 2.45) is 0 Å². The van der Waals surface area contributed by atoms with Gasteiger partial charge in [-0.3, -0.25) is 4.98 Å². The molecule has 1 aromatic carbocycles. The van der Waals surface area contributed by atoms with E-state index in [4.69, 9.17) is 16.3 Å². The molecule has 0 fully saturated rings. The highest BCUT2D eigenvalue weighted by atomic mass is 35.5. The van der Waals surface area contributed by atoms with Crippen LogP contribution in [0.2, 0.25) is 5.15 Å². The van der Waals surface area contributed by atoms with E-state index in [-0.39, 0.29) is 0 Å². The molecule has 1 aromatic heterocycles. The van der Waals surface area contributed by atoms with Crippen LogP contribution in [-0.2, 0) is 0 Å². The minimum Gasteiger partial charge on any atom is -0.492 e. The first-order valence-electron chi connectivity index (χ1n) is 5.24. The van der Waals surface area contributed by atoms with E-state index in [0.29, 0.717) is 24.1 Å². The van der Waals surface area contributed by atoms with Crippen LogP contribution in [-0.4, -0.2) is 23.1 Å². The number of nitrogens with zero attached hydrogens (tertiary/aromatic N) is 2. The fraction of sp³-hybridized carbons (Fsp3) is 0.167. The average Bonchev–Trinajstić information content (AvgIpc) is 2.36. The molecule has 1 heterocycles. The summed E-state index contributed by atoms with van der Waals surface area (Å²) in [5, 5.41) is 3.45. The van der Waals surface area contributed by atoms with E-state index < -0.39 is 0 Å². The van der Waals surface area contributed by atoms with E-state index in [9.17, 15) is 0 Å². The van der Waals surface area contributed by atoms with Gasteiger partial charge in [0.05, 0.1) is 18.9 Å². The molecule has 0 aliphatic rings. The first-order chi connectivity index (χ1) is 8.34. The summed E-state index contributed by atoms with van der Waals surface area (Å²) in [7, 11) is 0. The van der Waals surface area contributed by atoms with Crippen molar-refractivity contribution < 1.29 is 4.74 Å². The summed E-state index contributed by atoms with van der Waals surface area (Å²) in [6.07, 6.45) is 3.11. The van der Waals surface area contributed by atoms with Crippen molar-refractivity contribution in [2.75, 3.05) is 18.5 Å². The maximum Gasteiger partial charge on any atom is 0.149 e. The fourth-order valence-corrected chi connectivity index (χ4v) is 1.44. The lowest BCUT2D eigenvalue weighted by molar-refractivity contribution is 0.333. The third-order valence-corrected chi connectivity index (χ3v) is 2.21. The Morgan fingerprint density at radius 1 is 1.18 bits per heavy atom. The fourth-order valence-electron chi connectivity index (χ4n) is 1.29. The minimum absolute atomic E-state index is 0.374. The SMILES string of the molecule is Clc1cncc(NCCOc2ccccc2)n1. The number of hydrogen-bond donors (Lipinski definition) is 1. The van der Waals surface area contributed by atoms with Gasteiger partial charge >= 0.3 is 0 Å². The molecule has 1 N–H and O–H groups in total. The quantitative estimate of drug-likeness (QED) is 0.828. The van der Waals surface area contributed by atoms with Crippen LogP contribution in [0.3, 0.4) is 0 Å². The molecule has 0 bridgehead atoms. The molecule has 17 heavy (non-hydrogen) atoms. The maximum atomic E-state index is 5.71. The summed E-state index contributed by atoms with van der Waals surface area (Å²) >= 11 is 5.71. The Hall–Kier alpha value is -1.81. The molecule has 2 aromatic rings. The first kappa shape index (κ1) is 11.7. The van der Waals surface area contributed by atoms with E-state index >= 15 is 0 Å². The number of ether oxygens (including phenoxy) is 1. The molecule has 0 amide bonds. The third-order valence-electron chi connectivity index (χ3n) is 2.03. The van der Waals surface area contributed by atoms with Gasteiger partial charge in [-0.1, -0.05) is 29.8 Å². The molecule has 2 rings (SSSR count). The van der Waals surface area contributed by atoms with E-state index in [1.165, 1.54) is 6.20 Å². The Kier molecular flexibility index (Phi) is 4.16. The Balaban J connectivity index is 1.73. The van der Waals surface area contributed by atoms with Crippen molar-refractivity contribution in [3.8, 4) is 5.75 Å². The average molecular weight is 250 g/mol. The van der Waals surface area contributed by atoms with Crippen molar-refractivity contribution in [1.29, 1.82) is 0 Å². The Bertz CT molecular complexity index is 464. The molecule has 0 atom stereocenters. The summed E-state index contributed by atoms with van der Waals surface area (Å²) in [5.74, 6) is 1.50. The molecule has 0 saturated carbocycles. The smallest absolute Gasteiger partial charge is 0.149 e. The predicted molar refractivity (Wildman–Crippen MR) is 67.5 cm³/mol. The minimum atomic E-state index is 0.374. The maximum absolute atomic E-state index is 5.71. The van der Waals surface area contributed by atoms with E-state index in [0.717, 1.165) is 5.75 Å². The van der Waals surface area contributed by atoms with Crippen LogP contribution in [0.4, 0.5) is 5.82 Å². The first-order valence-corrected chi connectivity index (χ1v) is 5.61. The highest BCUT2D eigenvalue weighted by Crippen LogP contribution is 2.08. The lowest BCUT2D eigenvalue weighted by atomic mass is 10.3. The van der Waals surface area contributed by atoms with Gasteiger partial charge in [0, 0.05) is 0 Å². The zero-order valence-corrected chi connectivity index (χ0v) is 9.89. The zero-order valence-electron chi connectivity index (χ0n) is 9.14. The van der Waals surface area contributed by atoms with Crippen LogP contribution in [0, 0.1) is 0 Å². The summed E-state index contributed by atoms with van der Waals surface area (Å²) in [4.78, 5) is 7.98. The van der Waals surface area contributed by atoms with Gasteiger partial charge in [0.2, 0.25) is 0 Å². The molecule has 4 nitrogen and oxygen atoms in total. The van der Waals surface area contributed by atoms with Crippen LogP contribution in [0.5, 0.6) is 5.75 Å². The Morgan fingerprint density at radius 2 is 2.00 bits per heavy atom. The van der Waals surface area contributed by atoms with Crippen LogP contribution < -0.4 is 10.1 Å². The summed E-state index contributed by atoms with van der Waals surface area (Å²) in [6, 6.07) is 9.65. The van der Waals surface area contributed by atoms with Gasteiger partial charge in [-0.25, -0.2) is 4.98 Å². The Labute approximate surface area is 105 Å². The number of halogens is 1. The van der Waals surface area contributed by atoms with Crippen LogP contribution in [0.1, 0.15) is 0 Å². The molecule has 0 unspecified atom stereocenters. The van der Waals surface area contributed by atoms with Crippen molar-refractivity contribution in [3.63, 3.8) is 0 Å². The van der Waals surface area contributed by atoms with Crippen LogP contribution >= 0.6 is 11.6 Å². The van der Waals surface area contributed by atoms with E-state index in [2.05, 4.69) is 15.3 Å². The van der Waals surface area contributed by atoms with Gasteiger partial charge in [-0.2, -0.15) is 0 Å². The normalized spacial score (nSPS) is 9.94. The number of hydrogen-bond acceptors (Lipinski definition) is 4. The molecule has 0 spiro atoms. The monoisotopic (exact) mass is 249 g/mol. The van der Waals surface area contributed by atoms with Crippen molar-refractivity contribution >= 4 is 17.4 Å². The topological polar surface area (TPSA) is 47.0 Å². The molecule has 5 heteroatoms. The van der Waals surface area contributed by atoms with Gasteiger partial charge in [0.15, 0.2) is 0 Å². The molecule has 0 radical (unpaired) electrons. The van der Waals surface area contributed by atoms with Crippen molar-refractivity contribution in [1.82, 2.24) is 9.97 Å². The van der Waals surface area contributed by atoms with Gasteiger partial charge in [-0.15, -0.1) is 0 Å². The molecule has 0 aliphatic heterocycles. The van der Waals surface area contributed by atoms with Gasteiger partial charge in [-0.05, 0) is 12.1 Å². The van der Waals surface area contributed by atoms with Crippen molar-refractivity contribution in [2.45, 2.75) is 0 Å². The molecular weight excluding hydrogens is 238 g/mol. The highest BCUT2D eigenvalue weighted by molar-refractivity contribution is 6.29. The molecule has 88 valence electrons. The molecule has 0 saturated heterocycles. The Morgan fingerprint density at radius 3 is 2.76 bits per heavy atom. The lowest BCUT2D eigenvalue weighted by Gasteiger charge is -2.07. The second-order valence-corrected chi connectivity index (χ2v) is 3.70. The third kappa shape index (κ3) is 3.92. The number of aromatic nitrogens is 2. The van der Waals surface area contributed by atoms with E-state index in [1.807, 2.05) is 30.3 Å². The van der Waals surface area contributed by atoms with Gasteiger partial charge in [0.1, 0.15) is 23.3 Å². The lowest BCUT2D eigenvalue weighted by Crippen LogP contribution is -2.12. The number of anilines is 1. The van der Waals surface area contributed by atoms with E-state index in [1.54, 1.807) is 6.20 Å². The highest BCUT2D eigenvalue weighted by Gasteiger charge is 1.96. The summed E-state index contributed by atoms with van der Waals surface area (Å²) in [5.41, 5.74) is 0. The second-order valence-electron chi connectivity index (χ2n) is 3.32. The standard InChI is InChI=1S/C12H12ClN3O/c13-11-8-14-9-12(16-11)15-6-7-17-10-4-2-1-3-5-10/h1-5,8-9H,6-7H2,(H,15,16). The number of rotatable bonds is 5. The number of nitrogens with one attached hydrogen (secondary N) is 1. The van der Waals surface area contributed by atoms with Crippen LogP contribution in [0.25, 0.3) is 0 Å². The summed E-state index contributed by atoms with van der Waals surface area (Å²) < 4.78 is 5.51.